The van der Waals surface area contributed by atoms with Crippen LogP contribution in [0.1, 0.15) is 54.1 Å². The maximum Gasteiger partial charge on any atom is 0.166 e. The first-order valence-corrected chi connectivity index (χ1v) is 5.89. The monoisotopic (exact) mass is 220 g/mol. The van der Waals surface area contributed by atoms with Crippen LogP contribution >= 0.6 is 0 Å². The Morgan fingerprint density at radius 3 is 2.44 bits per heavy atom. The number of phenolic OH excluding ortho intramolecular Hbond substituents is 1. The molecule has 0 fully saturated rings. The average molecular weight is 220 g/mol. The summed E-state index contributed by atoms with van der Waals surface area (Å²) in [4.78, 5) is 11.8. The zero-order valence-electron chi connectivity index (χ0n) is 10.3. The number of carbonyl (C=O) groups excluding carboxylic acids is 1. The maximum absolute atomic E-state index is 11.8. The fourth-order valence-electron chi connectivity index (χ4n) is 1.69. The summed E-state index contributed by atoms with van der Waals surface area (Å²) < 4.78 is 0. The third kappa shape index (κ3) is 3.09. The average Bonchev–Trinajstić information content (AvgIpc) is 2.23. The molecule has 1 aromatic carbocycles. The molecule has 0 bridgehead atoms. The topological polar surface area (TPSA) is 37.3 Å². The normalized spacial score (nSPS) is 10.4. The second kappa shape index (κ2) is 5.69. The van der Waals surface area contributed by atoms with Crippen LogP contribution in [0.5, 0.6) is 5.75 Å². The van der Waals surface area contributed by atoms with Crippen LogP contribution in [-0.2, 0) is 0 Å². The number of Topliss-reactive ketones (excluding diaryl/α,β-unsaturated/α-hetero) is 1. The Balaban J connectivity index is 2.79. The second-order valence-electron chi connectivity index (χ2n) is 4.33. The third-order valence-electron chi connectivity index (χ3n) is 2.92. The molecule has 1 rings (SSSR count). The van der Waals surface area contributed by atoms with E-state index >= 15 is 0 Å². The molecular formula is C14H20O2. The molecule has 0 spiro atoms. The van der Waals surface area contributed by atoms with Crippen LogP contribution < -0.4 is 0 Å². The van der Waals surface area contributed by atoms with Crippen LogP contribution in [0.25, 0.3) is 0 Å². The Morgan fingerprint density at radius 2 is 1.81 bits per heavy atom. The van der Waals surface area contributed by atoms with Gasteiger partial charge in [-0.3, -0.25) is 4.79 Å². The lowest BCUT2D eigenvalue weighted by molar-refractivity contribution is 0.0976. The van der Waals surface area contributed by atoms with Crippen LogP contribution in [0.4, 0.5) is 0 Å². The minimum absolute atomic E-state index is 0.0500. The molecule has 0 saturated carbocycles. The van der Waals surface area contributed by atoms with Gasteiger partial charge in [-0.2, -0.15) is 0 Å². The molecule has 0 aliphatic carbocycles. The summed E-state index contributed by atoms with van der Waals surface area (Å²) in [6.07, 6.45) is 3.61. The molecule has 0 aliphatic heterocycles. The van der Waals surface area contributed by atoms with Gasteiger partial charge in [-0.05, 0) is 43.5 Å². The van der Waals surface area contributed by atoms with E-state index in [1.165, 1.54) is 0 Å². The van der Waals surface area contributed by atoms with E-state index in [1.54, 1.807) is 12.1 Å². The molecule has 0 amide bonds. The van der Waals surface area contributed by atoms with E-state index in [0.29, 0.717) is 12.0 Å². The van der Waals surface area contributed by atoms with Gasteiger partial charge in [0.1, 0.15) is 5.75 Å². The highest BCUT2D eigenvalue weighted by Crippen LogP contribution is 2.23. The van der Waals surface area contributed by atoms with Crippen molar-refractivity contribution in [3.8, 4) is 5.75 Å². The van der Waals surface area contributed by atoms with Crippen molar-refractivity contribution in [1.29, 1.82) is 0 Å². The van der Waals surface area contributed by atoms with Gasteiger partial charge in [0.25, 0.3) is 0 Å². The summed E-state index contributed by atoms with van der Waals surface area (Å²) in [5.74, 6) is 0.165. The van der Waals surface area contributed by atoms with Crippen LogP contribution in [-0.4, -0.2) is 10.9 Å². The lowest BCUT2D eigenvalue weighted by Gasteiger charge is -2.07. The molecule has 0 aliphatic rings. The van der Waals surface area contributed by atoms with Crippen LogP contribution in [0.3, 0.4) is 0 Å². The first-order valence-electron chi connectivity index (χ1n) is 5.89. The van der Waals surface area contributed by atoms with E-state index in [1.807, 2.05) is 13.8 Å². The van der Waals surface area contributed by atoms with Crippen molar-refractivity contribution >= 4 is 5.78 Å². The molecule has 88 valence electrons. The summed E-state index contributed by atoms with van der Waals surface area (Å²) in [6.45, 7) is 6.00. The number of carbonyl (C=O) groups is 1. The van der Waals surface area contributed by atoms with Crippen molar-refractivity contribution in [2.45, 2.75) is 46.5 Å². The number of benzene rings is 1. The van der Waals surface area contributed by atoms with Gasteiger partial charge in [-0.1, -0.05) is 19.8 Å². The summed E-state index contributed by atoms with van der Waals surface area (Å²) in [5, 5.41) is 9.72. The molecule has 0 heterocycles. The Bertz CT molecular complexity index is 381. The van der Waals surface area contributed by atoms with Crippen molar-refractivity contribution < 1.29 is 9.90 Å². The Kier molecular flexibility index (Phi) is 4.53. The summed E-state index contributed by atoms with van der Waals surface area (Å²) in [6, 6.07) is 3.46. The zero-order valence-corrected chi connectivity index (χ0v) is 10.3. The first kappa shape index (κ1) is 12.8. The van der Waals surface area contributed by atoms with E-state index < -0.39 is 0 Å². The van der Waals surface area contributed by atoms with Gasteiger partial charge in [0, 0.05) is 6.42 Å². The van der Waals surface area contributed by atoms with Crippen molar-refractivity contribution in [1.82, 2.24) is 0 Å². The predicted octanol–water partition coefficient (Wildman–Crippen LogP) is 3.77. The molecular weight excluding hydrogens is 200 g/mol. The van der Waals surface area contributed by atoms with E-state index in [2.05, 4.69) is 6.92 Å². The summed E-state index contributed by atoms with van der Waals surface area (Å²) >= 11 is 0. The van der Waals surface area contributed by atoms with E-state index in [0.717, 1.165) is 30.4 Å². The molecule has 0 saturated heterocycles. The van der Waals surface area contributed by atoms with Gasteiger partial charge in [0.2, 0.25) is 0 Å². The molecule has 0 aromatic heterocycles. The lowest BCUT2D eigenvalue weighted by Crippen LogP contribution is -2.00. The molecule has 0 radical (unpaired) electrons. The zero-order chi connectivity index (χ0) is 12.1. The SMILES string of the molecule is CCCCCC(=O)c1cc(C)c(C)cc1O. The summed E-state index contributed by atoms with van der Waals surface area (Å²) in [5.41, 5.74) is 2.54. The lowest BCUT2D eigenvalue weighted by atomic mass is 9.99. The highest BCUT2D eigenvalue weighted by Gasteiger charge is 2.12. The molecule has 1 aromatic rings. The number of rotatable bonds is 5. The predicted molar refractivity (Wildman–Crippen MR) is 66.1 cm³/mol. The minimum atomic E-state index is 0.0500. The van der Waals surface area contributed by atoms with Crippen LogP contribution in [0.15, 0.2) is 12.1 Å². The van der Waals surface area contributed by atoms with Gasteiger partial charge in [0.15, 0.2) is 5.78 Å². The largest absolute Gasteiger partial charge is 0.507 e. The smallest absolute Gasteiger partial charge is 0.166 e. The number of phenols is 1. The minimum Gasteiger partial charge on any atom is -0.507 e. The Labute approximate surface area is 97.3 Å². The van der Waals surface area contributed by atoms with Crippen molar-refractivity contribution in [3.05, 3.63) is 28.8 Å². The van der Waals surface area contributed by atoms with Crippen molar-refractivity contribution in [3.63, 3.8) is 0 Å². The molecule has 0 unspecified atom stereocenters. The van der Waals surface area contributed by atoms with E-state index in [9.17, 15) is 9.90 Å². The second-order valence-corrected chi connectivity index (χ2v) is 4.33. The fourth-order valence-corrected chi connectivity index (χ4v) is 1.69. The number of hydrogen-bond acceptors (Lipinski definition) is 2. The first-order chi connectivity index (χ1) is 7.56. The number of ketones is 1. The molecule has 2 nitrogen and oxygen atoms in total. The van der Waals surface area contributed by atoms with Gasteiger partial charge in [-0.25, -0.2) is 0 Å². The fraction of sp³-hybridized carbons (Fsp3) is 0.500. The van der Waals surface area contributed by atoms with Crippen molar-refractivity contribution in [2.75, 3.05) is 0 Å². The van der Waals surface area contributed by atoms with Crippen LogP contribution in [0.2, 0.25) is 0 Å². The Hall–Kier alpha value is -1.31. The Morgan fingerprint density at radius 1 is 1.19 bits per heavy atom. The highest BCUT2D eigenvalue weighted by molar-refractivity contribution is 5.98. The molecule has 2 heteroatoms. The molecule has 1 N–H and O–H groups in total. The number of unbranched alkanes of at least 4 members (excludes halogenated alkanes) is 2. The van der Waals surface area contributed by atoms with Gasteiger partial charge in [-0.15, -0.1) is 0 Å². The van der Waals surface area contributed by atoms with Crippen LogP contribution in [0, 0.1) is 13.8 Å². The van der Waals surface area contributed by atoms with E-state index in [-0.39, 0.29) is 11.5 Å². The quantitative estimate of drug-likeness (QED) is 0.605. The number of aryl methyl sites for hydroxylation is 2. The molecule has 0 atom stereocenters. The standard InChI is InChI=1S/C14H20O2/c1-4-5-6-7-13(15)12-8-10(2)11(3)9-14(12)16/h8-9,16H,4-7H2,1-3H3. The van der Waals surface area contributed by atoms with Gasteiger partial charge in [0.05, 0.1) is 5.56 Å². The van der Waals surface area contributed by atoms with Crippen molar-refractivity contribution in [2.24, 2.45) is 0 Å². The van der Waals surface area contributed by atoms with E-state index in [4.69, 9.17) is 0 Å². The number of aromatic hydroxyl groups is 1. The maximum atomic E-state index is 11.8. The summed E-state index contributed by atoms with van der Waals surface area (Å²) in [7, 11) is 0. The van der Waals surface area contributed by atoms with Gasteiger partial charge >= 0.3 is 0 Å². The number of hydrogen-bond donors (Lipinski definition) is 1. The highest BCUT2D eigenvalue weighted by atomic mass is 16.3. The third-order valence-corrected chi connectivity index (χ3v) is 2.92. The van der Waals surface area contributed by atoms with Gasteiger partial charge < -0.3 is 5.11 Å². The molecule has 16 heavy (non-hydrogen) atoms.